The molecule has 5 aromatic rings. The molecule has 0 aliphatic carbocycles. The van der Waals surface area contributed by atoms with Crippen molar-refractivity contribution < 1.29 is 9.53 Å². The van der Waals surface area contributed by atoms with E-state index in [0.717, 1.165) is 28.1 Å². The summed E-state index contributed by atoms with van der Waals surface area (Å²) in [4.78, 5) is 29.4. The fourth-order valence-corrected chi connectivity index (χ4v) is 3.87. The van der Waals surface area contributed by atoms with Crippen LogP contribution in [0.2, 0.25) is 0 Å². The van der Waals surface area contributed by atoms with Crippen molar-refractivity contribution in [3.8, 4) is 22.9 Å². The van der Waals surface area contributed by atoms with Crippen molar-refractivity contribution in [3.63, 3.8) is 0 Å². The summed E-state index contributed by atoms with van der Waals surface area (Å²) in [6.45, 7) is 3.90. The van der Waals surface area contributed by atoms with E-state index in [1.54, 1.807) is 30.6 Å². The van der Waals surface area contributed by atoms with Crippen LogP contribution < -0.4 is 21.5 Å². The van der Waals surface area contributed by atoms with Gasteiger partial charge in [0.2, 0.25) is 11.9 Å². The Hall–Kier alpha value is -4.99. The van der Waals surface area contributed by atoms with E-state index in [0.29, 0.717) is 40.0 Å². The summed E-state index contributed by atoms with van der Waals surface area (Å²) < 4.78 is 8.14. The van der Waals surface area contributed by atoms with Gasteiger partial charge in [0.1, 0.15) is 5.75 Å². The number of imidazole rings is 1. The predicted molar refractivity (Wildman–Crippen MR) is 138 cm³/mol. The van der Waals surface area contributed by atoms with E-state index < -0.39 is 5.91 Å². The Morgan fingerprint density at radius 2 is 1.72 bits per heavy atom. The first kappa shape index (κ1) is 22.8. The van der Waals surface area contributed by atoms with E-state index in [4.69, 9.17) is 16.2 Å². The minimum atomic E-state index is -0.513. The summed E-state index contributed by atoms with van der Waals surface area (Å²) in [5.74, 6) is 0.857. The van der Waals surface area contributed by atoms with Gasteiger partial charge in [0.15, 0.2) is 11.2 Å². The zero-order valence-corrected chi connectivity index (χ0v) is 20.0. The van der Waals surface area contributed by atoms with Gasteiger partial charge < -0.3 is 26.1 Å². The first-order valence-corrected chi connectivity index (χ1v) is 11.2. The third kappa shape index (κ3) is 4.39. The Morgan fingerprint density at radius 3 is 2.36 bits per heavy atom. The van der Waals surface area contributed by atoms with Gasteiger partial charge in [-0.25, -0.2) is 4.98 Å². The highest BCUT2D eigenvalue weighted by Gasteiger charge is 2.17. The second-order valence-corrected chi connectivity index (χ2v) is 8.46. The van der Waals surface area contributed by atoms with Crippen LogP contribution in [0.1, 0.15) is 21.5 Å². The van der Waals surface area contributed by atoms with Crippen molar-refractivity contribution in [1.29, 1.82) is 0 Å². The molecule has 0 unspecified atom stereocenters. The minimum Gasteiger partial charge on any atom is -0.436 e. The first-order chi connectivity index (χ1) is 17.3. The van der Waals surface area contributed by atoms with Gasteiger partial charge in [-0.2, -0.15) is 9.97 Å². The maximum absolute atomic E-state index is 11.3. The Morgan fingerprint density at radius 1 is 1.00 bits per heavy atom. The van der Waals surface area contributed by atoms with Crippen LogP contribution in [-0.2, 0) is 7.05 Å². The number of fused-ring (bicyclic) bond motifs is 1. The third-order valence-electron chi connectivity index (χ3n) is 5.70. The maximum atomic E-state index is 11.3. The molecule has 1 amide bonds. The van der Waals surface area contributed by atoms with E-state index in [1.807, 2.05) is 49.7 Å². The van der Waals surface area contributed by atoms with Crippen LogP contribution in [0.4, 0.5) is 17.3 Å². The average molecular weight is 481 g/mol. The van der Waals surface area contributed by atoms with E-state index >= 15 is 0 Å². The van der Waals surface area contributed by atoms with Crippen LogP contribution >= 0.6 is 0 Å². The summed E-state index contributed by atoms with van der Waals surface area (Å²) >= 11 is 0. The molecule has 0 spiro atoms. The number of aromatic nitrogens is 5. The fourth-order valence-electron chi connectivity index (χ4n) is 3.87. The quantitative estimate of drug-likeness (QED) is 0.306. The molecule has 3 heterocycles. The molecule has 180 valence electrons. The summed E-state index contributed by atoms with van der Waals surface area (Å²) in [6, 6.07) is 14.7. The molecule has 0 aliphatic rings. The number of rotatable bonds is 6. The minimum absolute atomic E-state index is 0.335. The zero-order valence-electron chi connectivity index (χ0n) is 20.0. The Kier molecular flexibility index (Phi) is 5.69. The highest BCUT2D eigenvalue weighted by atomic mass is 16.5. The molecule has 0 radical (unpaired) electrons. The van der Waals surface area contributed by atoms with Crippen molar-refractivity contribution in [2.24, 2.45) is 12.8 Å². The number of carbonyl (C=O) groups is 1. The van der Waals surface area contributed by atoms with E-state index in [9.17, 15) is 4.79 Å². The molecule has 0 bridgehead atoms. The summed E-state index contributed by atoms with van der Waals surface area (Å²) in [5, 5.41) is 3.20. The number of anilines is 3. The number of hydrogen-bond donors (Lipinski definition) is 3. The fraction of sp³-hybridized carbons (Fsp3) is 0.115. The Balaban J connectivity index is 1.50. The molecule has 2 aromatic carbocycles. The van der Waals surface area contributed by atoms with Gasteiger partial charge >= 0.3 is 0 Å². The number of ether oxygens (including phenoxy) is 1. The van der Waals surface area contributed by atoms with Crippen molar-refractivity contribution in [1.82, 2.24) is 24.5 Å². The SMILES string of the molecule is Cc1cc(-c2ccc(C(N)=O)cn2)cc(C)c1Oc1nc(Nc2ccc(N)cc2)nc2c1ncn2C. The number of pyridine rings is 1. The lowest BCUT2D eigenvalue weighted by Gasteiger charge is -2.14. The summed E-state index contributed by atoms with van der Waals surface area (Å²) in [7, 11) is 1.86. The van der Waals surface area contributed by atoms with Crippen LogP contribution in [-0.4, -0.2) is 30.4 Å². The molecule has 5 N–H and O–H groups in total. The number of amides is 1. The third-order valence-corrected chi connectivity index (χ3v) is 5.70. The van der Waals surface area contributed by atoms with Gasteiger partial charge in [0.05, 0.1) is 17.6 Å². The summed E-state index contributed by atoms with van der Waals surface area (Å²) in [5.41, 5.74) is 17.5. The second kappa shape index (κ2) is 8.99. The summed E-state index contributed by atoms with van der Waals surface area (Å²) in [6.07, 6.45) is 3.14. The lowest BCUT2D eigenvalue weighted by molar-refractivity contribution is 0.1000. The lowest BCUT2D eigenvalue weighted by Crippen LogP contribution is -2.11. The molecule has 0 aliphatic heterocycles. The van der Waals surface area contributed by atoms with E-state index in [-0.39, 0.29) is 0 Å². The molecule has 0 saturated heterocycles. The van der Waals surface area contributed by atoms with E-state index in [1.165, 1.54) is 6.20 Å². The number of aryl methyl sites for hydroxylation is 3. The molecular weight excluding hydrogens is 456 g/mol. The van der Waals surface area contributed by atoms with Crippen LogP contribution in [0.5, 0.6) is 11.6 Å². The van der Waals surface area contributed by atoms with Crippen molar-refractivity contribution >= 4 is 34.4 Å². The normalized spacial score (nSPS) is 11.0. The zero-order chi connectivity index (χ0) is 25.4. The monoisotopic (exact) mass is 480 g/mol. The van der Waals surface area contributed by atoms with Crippen LogP contribution in [0.25, 0.3) is 22.4 Å². The second-order valence-electron chi connectivity index (χ2n) is 8.46. The number of nitrogens with one attached hydrogen (secondary N) is 1. The van der Waals surface area contributed by atoms with Gasteiger partial charge in [0, 0.05) is 30.2 Å². The maximum Gasteiger partial charge on any atom is 0.252 e. The molecule has 0 saturated carbocycles. The molecule has 10 heteroatoms. The van der Waals surface area contributed by atoms with Crippen molar-refractivity contribution in [3.05, 3.63) is 77.7 Å². The van der Waals surface area contributed by atoms with Gasteiger partial charge in [-0.15, -0.1) is 0 Å². The lowest BCUT2D eigenvalue weighted by atomic mass is 10.0. The van der Waals surface area contributed by atoms with Crippen LogP contribution in [0.3, 0.4) is 0 Å². The highest BCUT2D eigenvalue weighted by Crippen LogP contribution is 2.35. The number of nitrogens with zero attached hydrogens (tertiary/aromatic N) is 5. The van der Waals surface area contributed by atoms with Gasteiger partial charge in [-0.05, 0) is 73.5 Å². The molecular formula is C26H24N8O2. The van der Waals surface area contributed by atoms with E-state index in [2.05, 4.69) is 25.3 Å². The molecule has 36 heavy (non-hydrogen) atoms. The van der Waals surface area contributed by atoms with Gasteiger partial charge in [-0.1, -0.05) is 0 Å². The average Bonchev–Trinajstić information content (AvgIpc) is 3.23. The topological polar surface area (TPSA) is 147 Å². The number of nitrogen functional groups attached to an aromatic ring is 1. The van der Waals surface area contributed by atoms with Crippen LogP contribution in [0.15, 0.2) is 61.1 Å². The van der Waals surface area contributed by atoms with Crippen molar-refractivity contribution in [2.75, 3.05) is 11.1 Å². The Bertz CT molecular complexity index is 1570. The number of primary amides is 1. The Labute approximate surface area is 207 Å². The first-order valence-electron chi connectivity index (χ1n) is 11.2. The smallest absolute Gasteiger partial charge is 0.252 e. The molecule has 10 nitrogen and oxygen atoms in total. The predicted octanol–water partition coefficient (Wildman–Crippen LogP) is 4.26. The molecule has 0 atom stereocenters. The molecule has 5 rings (SSSR count). The number of nitrogens with two attached hydrogens (primary N) is 2. The number of benzene rings is 2. The van der Waals surface area contributed by atoms with Gasteiger partial charge in [0.25, 0.3) is 5.88 Å². The van der Waals surface area contributed by atoms with Crippen molar-refractivity contribution in [2.45, 2.75) is 13.8 Å². The standard InChI is InChI=1S/C26H24N8O2/c1-14-10-17(20-9-4-16(12-29-20)23(28)35)11-15(2)22(14)36-25-21-24(34(3)13-30-21)32-26(33-25)31-19-7-5-18(27)6-8-19/h4-13H,27H2,1-3H3,(H2,28,35)(H,31,32,33). The van der Waals surface area contributed by atoms with Crippen LogP contribution in [0, 0.1) is 13.8 Å². The molecule has 0 fully saturated rings. The number of hydrogen-bond acceptors (Lipinski definition) is 8. The highest BCUT2D eigenvalue weighted by molar-refractivity contribution is 5.92. The number of carbonyl (C=O) groups excluding carboxylic acids is 1. The largest absolute Gasteiger partial charge is 0.436 e. The molecule has 3 aromatic heterocycles. The van der Waals surface area contributed by atoms with Gasteiger partial charge in [-0.3, -0.25) is 9.78 Å².